The number of nitrogens with one attached hydrogen (secondary N) is 2. The van der Waals surface area contributed by atoms with E-state index in [4.69, 9.17) is 15.9 Å². The molecule has 0 heterocycles. The first-order valence-corrected chi connectivity index (χ1v) is 6.58. The van der Waals surface area contributed by atoms with Gasteiger partial charge in [-0.1, -0.05) is 0 Å². The zero-order valence-electron chi connectivity index (χ0n) is 11.6. The summed E-state index contributed by atoms with van der Waals surface area (Å²) in [6.45, 7) is 6.21. The lowest BCUT2D eigenvalue weighted by atomic mass is 9.81. The third-order valence-corrected chi connectivity index (χ3v) is 3.22. The van der Waals surface area contributed by atoms with Gasteiger partial charge in [0, 0.05) is 12.5 Å². The van der Waals surface area contributed by atoms with Crippen molar-refractivity contribution in [3.63, 3.8) is 0 Å². The summed E-state index contributed by atoms with van der Waals surface area (Å²) in [7, 11) is 0. The molecular weight excluding hydrogens is 230 g/mol. The number of nitrogens with two attached hydrogens (primary N) is 1. The summed E-state index contributed by atoms with van der Waals surface area (Å²) in [6, 6.07) is 0. The maximum Gasteiger partial charge on any atom is 0.407 e. The molecule has 0 aromatic rings. The van der Waals surface area contributed by atoms with E-state index >= 15 is 0 Å². The van der Waals surface area contributed by atoms with Gasteiger partial charge in [0.1, 0.15) is 5.60 Å². The average Bonchev–Trinajstić information content (AvgIpc) is 2.24. The zero-order valence-corrected chi connectivity index (χ0v) is 11.6. The highest BCUT2D eigenvalue weighted by molar-refractivity contribution is 5.79. The van der Waals surface area contributed by atoms with Crippen LogP contribution in [0.25, 0.3) is 0 Å². The molecule has 0 aliphatic heterocycles. The number of hydrogen-bond acceptors (Lipinski definition) is 3. The zero-order chi connectivity index (χ0) is 13.8. The van der Waals surface area contributed by atoms with Gasteiger partial charge in [-0.2, -0.15) is 0 Å². The first kappa shape index (κ1) is 14.8. The van der Waals surface area contributed by atoms with Crippen molar-refractivity contribution in [2.75, 3.05) is 6.54 Å². The third kappa shape index (κ3) is 5.38. The smallest absolute Gasteiger partial charge is 0.407 e. The van der Waals surface area contributed by atoms with Gasteiger partial charge in [0.25, 0.3) is 0 Å². The molecule has 1 fully saturated rings. The number of ether oxygens (including phenoxy) is 1. The Kier molecular flexibility index (Phi) is 4.99. The van der Waals surface area contributed by atoms with Crippen molar-refractivity contribution in [3.05, 3.63) is 0 Å². The minimum atomic E-state index is -0.448. The highest BCUT2D eigenvalue weighted by atomic mass is 16.6. The molecule has 1 aliphatic carbocycles. The van der Waals surface area contributed by atoms with E-state index in [1.807, 2.05) is 20.8 Å². The van der Waals surface area contributed by atoms with Crippen LogP contribution in [0.1, 0.15) is 46.5 Å². The molecule has 104 valence electrons. The fourth-order valence-electron chi connectivity index (χ4n) is 2.22. The second kappa shape index (κ2) is 6.07. The van der Waals surface area contributed by atoms with E-state index in [0.29, 0.717) is 18.3 Å². The van der Waals surface area contributed by atoms with Crippen molar-refractivity contribution < 1.29 is 9.53 Å². The molecule has 1 rings (SSSR count). The lowest BCUT2D eigenvalue weighted by molar-refractivity contribution is 0.0514. The van der Waals surface area contributed by atoms with Crippen LogP contribution in [-0.2, 0) is 4.74 Å². The van der Waals surface area contributed by atoms with Gasteiger partial charge in [0.05, 0.1) is 5.84 Å². The van der Waals surface area contributed by atoms with Crippen molar-refractivity contribution in [1.29, 1.82) is 5.41 Å². The SMILES string of the molecule is CC(C)(C)OC(=O)NCC1CCC(C(=N)N)CC1. The van der Waals surface area contributed by atoms with Gasteiger partial charge < -0.3 is 15.8 Å². The Labute approximate surface area is 109 Å². The molecule has 0 bridgehead atoms. The van der Waals surface area contributed by atoms with Crippen LogP contribution in [0.5, 0.6) is 0 Å². The largest absolute Gasteiger partial charge is 0.444 e. The fraction of sp³-hybridized carbons (Fsp3) is 0.846. The van der Waals surface area contributed by atoms with Gasteiger partial charge in [0.2, 0.25) is 0 Å². The summed E-state index contributed by atoms with van der Waals surface area (Å²) >= 11 is 0. The van der Waals surface area contributed by atoms with Crippen LogP contribution in [0.15, 0.2) is 0 Å². The number of amidine groups is 1. The lowest BCUT2D eigenvalue weighted by Crippen LogP contribution is -2.37. The van der Waals surface area contributed by atoms with Crippen LogP contribution in [-0.4, -0.2) is 24.1 Å². The average molecular weight is 255 g/mol. The Hall–Kier alpha value is -1.26. The standard InChI is InChI=1S/C13H25N3O2/c1-13(2,3)18-12(17)16-8-9-4-6-10(7-5-9)11(14)15/h9-10H,4-8H2,1-3H3,(H3,14,15)(H,16,17). The van der Waals surface area contributed by atoms with Gasteiger partial charge in [-0.3, -0.25) is 5.41 Å². The van der Waals surface area contributed by atoms with E-state index in [2.05, 4.69) is 5.32 Å². The van der Waals surface area contributed by atoms with Crippen molar-refractivity contribution in [3.8, 4) is 0 Å². The molecule has 18 heavy (non-hydrogen) atoms. The summed E-state index contributed by atoms with van der Waals surface area (Å²) < 4.78 is 5.18. The summed E-state index contributed by atoms with van der Waals surface area (Å²) in [5.41, 5.74) is 5.05. The van der Waals surface area contributed by atoms with Crippen molar-refractivity contribution in [1.82, 2.24) is 5.32 Å². The predicted octanol–water partition coefficient (Wildman–Crippen LogP) is 2.25. The normalized spacial score (nSPS) is 24.4. The molecule has 0 aromatic carbocycles. The number of alkyl carbamates (subject to hydrolysis) is 1. The molecule has 0 atom stereocenters. The van der Waals surface area contributed by atoms with Crippen LogP contribution >= 0.6 is 0 Å². The number of carbonyl (C=O) groups is 1. The van der Waals surface area contributed by atoms with Crippen molar-refractivity contribution in [2.24, 2.45) is 17.6 Å². The molecule has 5 nitrogen and oxygen atoms in total. The first-order valence-electron chi connectivity index (χ1n) is 6.58. The van der Waals surface area contributed by atoms with Gasteiger partial charge in [-0.25, -0.2) is 4.79 Å². The molecule has 1 saturated carbocycles. The highest BCUT2D eigenvalue weighted by Crippen LogP contribution is 2.28. The number of hydrogen-bond donors (Lipinski definition) is 3. The summed E-state index contributed by atoms with van der Waals surface area (Å²) in [5.74, 6) is 1.02. The van der Waals surface area contributed by atoms with E-state index in [1.165, 1.54) is 0 Å². The van der Waals surface area contributed by atoms with Gasteiger partial charge in [-0.15, -0.1) is 0 Å². The maximum atomic E-state index is 11.5. The maximum absolute atomic E-state index is 11.5. The predicted molar refractivity (Wildman–Crippen MR) is 71.6 cm³/mol. The lowest BCUT2D eigenvalue weighted by Gasteiger charge is -2.28. The quantitative estimate of drug-likeness (QED) is 0.534. The van der Waals surface area contributed by atoms with E-state index in [1.54, 1.807) is 0 Å². The van der Waals surface area contributed by atoms with Crippen molar-refractivity contribution >= 4 is 11.9 Å². The highest BCUT2D eigenvalue weighted by Gasteiger charge is 2.24. The topological polar surface area (TPSA) is 88.2 Å². The van der Waals surface area contributed by atoms with Crippen LogP contribution in [0.2, 0.25) is 0 Å². The molecule has 0 unspecified atom stereocenters. The summed E-state index contributed by atoms with van der Waals surface area (Å²) in [4.78, 5) is 11.5. The summed E-state index contributed by atoms with van der Waals surface area (Å²) in [5, 5.41) is 10.2. The van der Waals surface area contributed by atoms with E-state index in [9.17, 15) is 4.79 Å². The first-order chi connectivity index (χ1) is 8.28. The Bertz CT molecular complexity index is 302. The Morgan fingerprint density at radius 1 is 1.33 bits per heavy atom. The minimum Gasteiger partial charge on any atom is -0.444 e. The molecule has 0 radical (unpaired) electrons. The second-order valence-corrected chi connectivity index (χ2v) is 6.06. The Morgan fingerprint density at radius 2 is 1.89 bits per heavy atom. The molecule has 0 saturated heterocycles. The molecular formula is C13H25N3O2. The fourth-order valence-corrected chi connectivity index (χ4v) is 2.22. The molecule has 1 aliphatic rings. The number of amides is 1. The minimum absolute atomic E-state index is 0.239. The molecule has 4 N–H and O–H groups in total. The molecule has 0 aromatic heterocycles. The molecule has 0 spiro atoms. The molecule has 1 amide bonds. The van der Waals surface area contributed by atoms with E-state index in [0.717, 1.165) is 25.7 Å². The van der Waals surface area contributed by atoms with Gasteiger partial charge in [-0.05, 0) is 52.4 Å². The number of carbonyl (C=O) groups excluding carboxylic acids is 1. The van der Waals surface area contributed by atoms with Crippen LogP contribution in [0.3, 0.4) is 0 Å². The van der Waals surface area contributed by atoms with E-state index in [-0.39, 0.29) is 12.0 Å². The second-order valence-electron chi connectivity index (χ2n) is 6.06. The van der Waals surface area contributed by atoms with Crippen LogP contribution < -0.4 is 11.1 Å². The van der Waals surface area contributed by atoms with Crippen molar-refractivity contribution in [2.45, 2.75) is 52.1 Å². The monoisotopic (exact) mass is 255 g/mol. The van der Waals surface area contributed by atoms with Gasteiger partial charge in [0.15, 0.2) is 0 Å². The van der Waals surface area contributed by atoms with E-state index < -0.39 is 5.60 Å². The Morgan fingerprint density at radius 3 is 2.33 bits per heavy atom. The number of rotatable bonds is 3. The molecule has 5 heteroatoms. The van der Waals surface area contributed by atoms with Crippen LogP contribution in [0.4, 0.5) is 4.79 Å². The Balaban J connectivity index is 2.22. The summed E-state index contributed by atoms with van der Waals surface area (Å²) in [6.07, 6.45) is 3.59. The third-order valence-electron chi connectivity index (χ3n) is 3.22. The van der Waals surface area contributed by atoms with Crippen LogP contribution in [0, 0.1) is 17.2 Å². The van der Waals surface area contributed by atoms with Gasteiger partial charge >= 0.3 is 6.09 Å².